The summed E-state index contributed by atoms with van der Waals surface area (Å²) in [5, 5.41) is 0. The summed E-state index contributed by atoms with van der Waals surface area (Å²) in [6, 6.07) is 0. The molecule has 0 aromatic rings. The van der Waals surface area contributed by atoms with Gasteiger partial charge in [-0.15, -0.1) is 0 Å². The maximum absolute atomic E-state index is 12.6. The minimum absolute atomic E-state index is 0.0491. The van der Waals surface area contributed by atoms with E-state index in [4.69, 9.17) is 18.5 Å². The van der Waals surface area contributed by atoms with Gasteiger partial charge in [-0.2, -0.15) is 0 Å². The van der Waals surface area contributed by atoms with Gasteiger partial charge >= 0.3 is 11.9 Å². The van der Waals surface area contributed by atoms with Crippen molar-refractivity contribution in [3.8, 4) is 0 Å². The highest BCUT2D eigenvalue weighted by molar-refractivity contribution is 7.45. The Labute approximate surface area is 367 Å². The van der Waals surface area contributed by atoms with E-state index in [2.05, 4.69) is 86.8 Å². The molecule has 0 bridgehead atoms. The van der Waals surface area contributed by atoms with Gasteiger partial charge < -0.3 is 27.9 Å². The van der Waals surface area contributed by atoms with Crippen LogP contribution >= 0.6 is 7.82 Å². The molecule has 9 nitrogen and oxygen atoms in total. The van der Waals surface area contributed by atoms with Crippen LogP contribution in [0.3, 0.4) is 0 Å². The zero-order chi connectivity index (χ0) is 44.3. The first-order valence-corrected chi connectivity index (χ1v) is 24.8. The Hall–Kier alpha value is -2.81. The molecular weight excluding hydrogens is 774 g/mol. The maximum atomic E-state index is 12.6. The van der Waals surface area contributed by atoms with Crippen molar-refractivity contribution in [1.82, 2.24) is 0 Å². The molecule has 0 spiro atoms. The maximum Gasteiger partial charge on any atom is 0.306 e. The molecule has 0 aliphatic rings. The van der Waals surface area contributed by atoms with Gasteiger partial charge in [0, 0.05) is 12.8 Å². The van der Waals surface area contributed by atoms with E-state index in [0.717, 1.165) is 64.2 Å². The Morgan fingerprint density at radius 3 is 1.48 bits per heavy atom. The molecule has 2 atom stereocenters. The number of nitrogens with zero attached hydrogens (tertiary/aromatic N) is 1. The number of hydrogen-bond acceptors (Lipinski definition) is 8. The second kappa shape index (κ2) is 41.5. The fraction of sp³-hybridized carbons (Fsp3) is 0.680. The summed E-state index contributed by atoms with van der Waals surface area (Å²) in [4.78, 5) is 37.5. The van der Waals surface area contributed by atoms with E-state index in [0.29, 0.717) is 23.9 Å². The van der Waals surface area contributed by atoms with Gasteiger partial charge in [-0.25, -0.2) is 0 Å². The van der Waals surface area contributed by atoms with Crippen LogP contribution < -0.4 is 4.89 Å². The van der Waals surface area contributed by atoms with Crippen LogP contribution in [0.4, 0.5) is 0 Å². The van der Waals surface area contributed by atoms with E-state index >= 15 is 0 Å². The number of rotatable bonds is 41. The normalized spacial score (nSPS) is 14.3. The highest BCUT2D eigenvalue weighted by Crippen LogP contribution is 2.38. The lowest BCUT2D eigenvalue weighted by atomic mass is 10.1. The van der Waals surface area contributed by atoms with E-state index in [-0.39, 0.29) is 26.1 Å². The average Bonchev–Trinajstić information content (AvgIpc) is 3.20. The fourth-order valence-electron chi connectivity index (χ4n) is 5.79. The second-order valence-corrected chi connectivity index (χ2v) is 17.8. The van der Waals surface area contributed by atoms with Crippen LogP contribution in [-0.4, -0.2) is 70.0 Å². The number of likely N-dealkylation sites (N-methyl/N-ethyl adjacent to an activating group) is 1. The molecule has 10 heteroatoms. The molecule has 0 fully saturated rings. The summed E-state index contributed by atoms with van der Waals surface area (Å²) in [5.41, 5.74) is 0. The number of esters is 2. The smallest absolute Gasteiger partial charge is 0.306 e. The number of unbranched alkanes of at least 4 members (excludes halogenated alkanes) is 13. The third kappa shape index (κ3) is 44.7. The van der Waals surface area contributed by atoms with Crippen molar-refractivity contribution >= 4 is 19.8 Å². The van der Waals surface area contributed by atoms with Crippen LogP contribution in [0.25, 0.3) is 0 Å². The molecular formula is C50H86NO8P. The molecule has 344 valence electrons. The molecule has 0 rings (SSSR count). The van der Waals surface area contributed by atoms with Gasteiger partial charge in [0.25, 0.3) is 7.82 Å². The molecule has 2 unspecified atom stereocenters. The van der Waals surface area contributed by atoms with Crippen LogP contribution in [0.2, 0.25) is 0 Å². The molecule has 0 aliphatic heterocycles. The summed E-state index contributed by atoms with van der Waals surface area (Å²) >= 11 is 0. The lowest BCUT2D eigenvalue weighted by Gasteiger charge is -2.28. The van der Waals surface area contributed by atoms with Crippen LogP contribution in [0.5, 0.6) is 0 Å². The van der Waals surface area contributed by atoms with Gasteiger partial charge in [-0.3, -0.25) is 14.2 Å². The minimum atomic E-state index is -4.65. The van der Waals surface area contributed by atoms with Crippen molar-refractivity contribution in [2.45, 2.75) is 174 Å². The van der Waals surface area contributed by atoms with Crippen molar-refractivity contribution < 1.29 is 42.1 Å². The third-order valence-corrected chi connectivity index (χ3v) is 10.4. The van der Waals surface area contributed by atoms with Crippen LogP contribution in [0.15, 0.2) is 85.1 Å². The average molecular weight is 860 g/mol. The largest absolute Gasteiger partial charge is 0.756 e. The Morgan fingerprint density at radius 1 is 0.533 bits per heavy atom. The number of phosphoric acid groups is 1. The summed E-state index contributed by atoms with van der Waals surface area (Å²) < 4.78 is 33.8. The summed E-state index contributed by atoms with van der Waals surface area (Å²) in [5.74, 6) is -0.945. The number of carbonyl (C=O) groups is 2. The predicted octanol–water partition coefficient (Wildman–Crippen LogP) is 12.9. The molecule has 0 saturated carbocycles. The lowest BCUT2D eigenvalue weighted by molar-refractivity contribution is -0.870. The van der Waals surface area contributed by atoms with Gasteiger partial charge in [0.05, 0.1) is 27.7 Å². The predicted molar refractivity (Wildman–Crippen MR) is 249 cm³/mol. The van der Waals surface area contributed by atoms with Gasteiger partial charge in [-0.05, 0) is 77.0 Å². The summed E-state index contributed by atoms with van der Waals surface area (Å²) in [6.45, 7) is 3.99. The van der Waals surface area contributed by atoms with Crippen LogP contribution in [-0.2, 0) is 32.7 Å². The van der Waals surface area contributed by atoms with Crippen molar-refractivity contribution in [3.05, 3.63) is 85.1 Å². The topological polar surface area (TPSA) is 111 Å². The van der Waals surface area contributed by atoms with Crippen molar-refractivity contribution in [3.63, 3.8) is 0 Å². The Morgan fingerprint density at radius 2 is 0.983 bits per heavy atom. The Bertz CT molecular complexity index is 1290. The number of quaternary nitrogens is 1. The first-order chi connectivity index (χ1) is 29.0. The molecule has 0 radical (unpaired) electrons. The van der Waals surface area contributed by atoms with E-state index in [1.54, 1.807) is 0 Å². The van der Waals surface area contributed by atoms with E-state index in [1.165, 1.54) is 64.2 Å². The lowest BCUT2D eigenvalue weighted by Crippen LogP contribution is -2.37. The summed E-state index contributed by atoms with van der Waals surface area (Å²) in [7, 11) is 1.10. The minimum Gasteiger partial charge on any atom is -0.756 e. The van der Waals surface area contributed by atoms with E-state index in [9.17, 15) is 19.0 Å². The zero-order valence-electron chi connectivity index (χ0n) is 38.6. The van der Waals surface area contributed by atoms with Crippen molar-refractivity contribution in [1.29, 1.82) is 0 Å². The number of phosphoric ester groups is 1. The summed E-state index contributed by atoms with van der Waals surface area (Å²) in [6.07, 6.45) is 53.5. The first kappa shape index (κ1) is 57.2. The van der Waals surface area contributed by atoms with Gasteiger partial charge in [0.2, 0.25) is 0 Å². The third-order valence-electron chi connectivity index (χ3n) is 9.41. The van der Waals surface area contributed by atoms with Crippen molar-refractivity contribution in [2.75, 3.05) is 47.5 Å². The van der Waals surface area contributed by atoms with Gasteiger partial charge in [0.1, 0.15) is 19.8 Å². The quantitative estimate of drug-likeness (QED) is 0.0196. The molecule has 0 aromatic heterocycles. The number of allylic oxidation sites excluding steroid dienone is 14. The van der Waals surface area contributed by atoms with Gasteiger partial charge in [-0.1, -0.05) is 163 Å². The molecule has 0 N–H and O–H groups in total. The standard InChI is InChI=1S/C50H86NO8P/c1-6-8-10-12-14-16-18-20-21-22-23-24-25-26-27-28-29-31-32-34-36-38-40-42-49(52)56-46-48(47-58-60(54,55)57-45-44-51(3,4)5)59-50(53)43-41-39-37-35-33-30-19-17-15-13-11-9-7-2/h9,11,15,17-18,20,22-23,25-26,30,33,37,39,48H,6-8,10,12-14,16,19,21,24,27-29,31-32,34-36,38,40-47H2,1-5H3/b11-9-,17-15-,20-18-,23-22-,26-25-,33-30-,39-37-. The van der Waals surface area contributed by atoms with E-state index < -0.39 is 32.5 Å². The first-order valence-electron chi connectivity index (χ1n) is 23.3. The molecule has 60 heavy (non-hydrogen) atoms. The molecule has 0 heterocycles. The number of ether oxygens (including phenoxy) is 2. The SMILES string of the molecule is CC/C=C\C/C=C\C/C=C\C/C=C\CCC(=O)OC(COC(=O)CCCCCCCCCC/C=C\C/C=C\C/C=C\CCCCCCC)COP(=O)([O-])OCC[N+](C)(C)C. The van der Waals surface area contributed by atoms with Crippen LogP contribution in [0, 0.1) is 0 Å². The van der Waals surface area contributed by atoms with Crippen LogP contribution in [0.1, 0.15) is 168 Å². The number of carbonyl (C=O) groups excluding carboxylic acids is 2. The molecule has 0 saturated heterocycles. The highest BCUT2D eigenvalue weighted by atomic mass is 31.2. The van der Waals surface area contributed by atoms with Gasteiger partial charge in [0.15, 0.2) is 6.10 Å². The zero-order valence-corrected chi connectivity index (χ0v) is 39.5. The molecule has 0 aromatic carbocycles. The second-order valence-electron chi connectivity index (χ2n) is 16.4. The monoisotopic (exact) mass is 860 g/mol. The molecule has 0 aliphatic carbocycles. The number of hydrogen-bond donors (Lipinski definition) is 0. The molecule has 0 amide bonds. The Kier molecular flexibility index (Phi) is 39.6. The van der Waals surface area contributed by atoms with E-state index in [1.807, 2.05) is 33.3 Å². The fourth-order valence-corrected chi connectivity index (χ4v) is 6.52. The van der Waals surface area contributed by atoms with Crippen molar-refractivity contribution in [2.24, 2.45) is 0 Å². The highest BCUT2D eigenvalue weighted by Gasteiger charge is 2.21. The Balaban J connectivity index is 4.35.